The molecule has 2 aromatic rings. The van der Waals surface area contributed by atoms with E-state index in [0.717, 1.165) is 5.65 Å². The van der Waals surface area contributed by atoms with Crippen LogP contribution >= 0.6 is 0 Å². The van der Waals surface area contributed by atoms with Crippen LogP contribution in [-0.2, 0) is 0 Å². The molecule has 0 radical (unpaired) electrons. The summed E-state index contributed by atoms with van der Waals surface area (Å²) in [6.07, 6.45) is 3.86. The molecule has 2 rings (SSSR count). The summed E-state index contributed by atoms with van der Waals surface area (Å²) < 4.78 is 0. The average Bonchev–Trinajstić information content (AvgIpc) is 2.52. The Morgan fingerprint density at radius 2 is 2.00 bits per heavy atom. The molecule has 0 saturated heterocycles. The lowest BCUT2D eigenvalue weighted by Gasteiger charge is -1.92. The van der Waals surface area contributed by atoms with E-state index < -0.39 is 0 Å². The van der Waals surface area contributed by atoms with Crippen LogP contribution in [0.4, 0.5) is 0 Å². The summed E-state index contributed by atoms with van der Waals surface area (Å²) in [5.74, 6) is 0. The number of nitrogens with zero attached hydrogens (tertiary/aromatic N) is 1. The van der Waals surface area contributed by atoms with Gasteiger partial charge >= 0.3 is 0 Å². The van der Waals surface area contributed by atoms with Crippen molar-refractivity contribution in [3.63, 3.8) is 0 Å². The second-order valence-corrected chi connectivity index (χ2v) is 2.88. The number of fused-ring (bicyclic) bond motifs is 1. The third-order valence-corrected chi connectivity index (χ3v) is 1.87. The van der Waals surface area contributed by atoms with Crippen molar-refractivity contribution in [1.29, 1.82) is 0 Å². The van der Waals surface area contributed by atoms with Gasteiger partial charge in [-0.05, 0) is 31.0 Å². The highest BCUT2D eigenvalue weighted by molar-refractivity contribution is 5.79. The lowest BCUT2D eigenvalue weighted by molar-refractivity contribution is 1.29. The van der Waals surface area contributed by atoms with E-state index in [2.05, 4.69) is 29.9 Å². The first kappa shape index (κ1) is 9.78. The third kappa shape index (κ3) is 1.89. The summed E-state index contributed by atoms with van der Waals surface area (Å²) in [6, 6.07) is 2.15. The quantitative estimate of drug-likeness (QED) is 0.657. The van der Waals surface area contributed by atoms with Gasteiger partial charge in [0.1, 0.15) is 5.65 Å². The van der Waals surface area contributed by atoms with Gasteiger partial charge in [0.05, 0.1) is 0 Å². The van der Waals surface area contributed by atoms with Crippen LogP contribution in [0.3, 0.4) is 0 Å². The van der Waals surface area contributed by atoms with Crippen LogP contribution in [0.2, 0.25) is 0 Å². The maximum Gasteiger partial charge on any atom is 0.137 e. The van der Waals surface area contributed by atoms with Crippen LogP contribution in [0.15, 0.2) is 18.5 Å². The third-order valence-electron chi connectivity index (χ3n) is 1.87. The Bertz CT molecular complexity index is 393. The van der Waals surface area contributed by atoms with Gasteiger partial charge in [0.2, 0.25) is 0 Å². The minimum Gasteiger partial charge on any atom is -0.346 e. The van der Waals surface area contributed by atoms with Crippen molar-refractivity contribution in [2.24, 2.45) is 0 Å². The zero-order valence-corrected chi connectivity index (χ0v) is 8.68. The topological polar surface area (TPSA) is 28.7 Å². The molecule has 0 aliphatic rings. The lowest BCUT2D eigenvalue weighted by atomic mass is 10.2. The SMILES string of the molecule is CC.Cc1cnc2[nH]cc(C)c2c1.[HH]. The predicted molar refractivity (Wildman–Crippen MR) is 59.0 cm³/mol. The summed E-state index contributed by atoms with van der Waals surface area (Å²) in [5.41, 5.74) is 3.45. The van der Waals surface area contributed by atoms with Gasteiger partial charge in [0, 0.05) is 19.2 Å². The maximum absolute atomic E-state index is 4.25. The zero-order valence-electron chi connectivity index (χ0n) is 8.68. The first-order chi connectivity index (χ1) is 6.27. The van der Waals surface area contributed by atoms with Gasteiger partial charge in [0.15, 0.2) is 0 Å². The summed E-state index contributed by atoms with van der Waals surface area (Å²) in [6.45, 7) is 8.14. The van der Waals surface area contributed by atoms with E-state index in [9.17, 15) is 0 Å². The molecule has 0 saturated carbocycles. The Balaban J connectivity index is 0.000000531. The highest BCUT2D eigenvalue weighted by atomic mass is 14.8. The fourth-order valence-electron chi connectivity index (χ4n) is 1.24. The van der Waals surface area contributed by atoms with Crippen molar-refractivity contribution >= 4 is 11.0 Å². The van der Waals surface area contributed by atoms with Crippen molar-refractivity contribution in [3.8, 4) is 0 Å². The van der Waals surface area contributed by atoms with Crippen LogP contribution in [0.5, 0.6) is 0 Å². The lowest BCUT2D eigenvalue weighted by Crippen LogP contribution is -1.78. The standard InChI is InChI=1S/C9H10N2.C2H6.H2/c1-6-3-8-7(2)5-11-9(8)10-4-6;1-2;/h3-5H,1-2H3,(H,10,11);1-2H3;1H. The van der Waals surface area contributed by atoms with E-state index in [4.69, 9.17) is 0 Å². The number of H-pyrrole nitrogens is 1. The van der Waals surface area contributed by atoms with E-state index in [0.29, 0.717) is 0 Å². The summed E-state index contributed by atoms with van der Waals surface area (Å²) >= 11 is 0. The van der Waals surface area contributed by atoms with Crippen molar-refractivity contribution in [2.75, 3.05) is 0 Å². The minimum absolute atomic E-state index is 0. The number of aromatic amines is 1. The smallest absolute Gasteiger partial charge is 0.137 e. The molecule has 0 amide bonds. The molecule has 0 bridgehead atoms. The molecule has 0 aliphatic heterocycles. The number of nitrogens with one attached hydrogen (secondary N) is 1. The number of pyridine rings is 1. The van der Waals surface area contributed by atoms with Gasteiger partial charge < -0.3 is 4.98 Å². The second kappa shape index (κ2) is 4.08. The van der Waals surface area contributed by atoms with Gasteiger partial charge in [0.25, 0.3) is 0 Å². The Hall–Kier alpha value is -1.31. The first-order valence-corrected chi connectivity index (χ1v) is 4.68. The first-order valence-electron chi connectivity index (χ1n) is 4.68. The number of hydrogen-bond acceptors (Lipinski definition) is 1. The summed E-state index contributed by atoms with van der Waals surface area (Å²) in [5, 5.41) is 1.23. The van der Waals surface area contributed by atoms with E-state index >= 15 is 0 Å². The largest absolute Gasteiger partial charge is 0.346 e. The fraction of sp³-hybridized carbons (Fsp3) is 0.364. The zero-order chi connectivity index (χ0) is 9.84. The van der Waals surface area contributed by atoms with Gasteiger partial charge in [-0.2, -0.15) is 0 Å². The Morgan fingerprint density at radius 3 is 2.69 bits per heavy atom. The molecular formula is C11H18N2. The van der Waals surface area contributed by atoms with E-state index in [1.807, 2.05) is 26.2 Å². The monoisotopic (exact) mass is 178 g/mol. The van der Waals surface area contributed by atoms with Crippen LogP contribution in [0.25, 0.3) is 11.0 Å². The van der Waals surface area contributed by atoms with E-state index in [1.54, 1.807) is 0 Å². The molecule has 0 fully saturated rings. The second-order valence-electron chi connectivity index (χ2n) is 2.88. The molecule has 0 unspecified atom stereocenters. The fourth-order valence-corrected chi connectivity index (χ4v) is 1.24. The Kier molecular flexibility index (Phi) is 3.07. The van der Waals surface area contributed by atoms with E-state index in [-0.39, 0.29) is 1.43 Å². The molecule has 72 valence electrons. The van der Waals surface area contributed by atoms with Crippen molar-refractivity contribution in [1.82, 2.24) is 9.97 Å². The molecule has 2 heterocycles. The van der Waals surface area contributed by atoms with Crippen molar-refractivity contribution in [2.45, 2.75) is 27.7 Å². The number of aromatic nitrogens is 2. The van der Waals surface area contributed by atoms with Crippen LogP contribution < -0.4 is 0 Å². The number of aryl methyl sites for hydroxylation is 2. The molecule has 0 atom stereocenters. The van der Waals surface area contributed by atoms with Crippen LogP contribution in [0.1, 0.15) is 26.4 Å². The predicted octanol–water partition coefficient (Wildman–Crippen LogP) is 3.45. The number of hydrogen-bond donors (Lipinski definition) is 1. The van der Waals surface area contributed by atoms with Gasteiger partial charge in [-0.3, -0.25) is 0 Å². The van der Waals surface area contributed by atoms with Gasteiger partial charge in [-0.25, -0.2) is 4.98 Å². The molecule has 0 aromatic carbocycles. The van der Waals surface area contributed by atoms with Crippen LogP contribution in [-0.4, -0.2) is 9.97 Å². The van der Waals surface area contributed by atoms with Crippen molar-refractivity contribution in [3.05, 3.63) is 29.6 Å². The minimum atomic E-state index is 0. The Morgan fingerprint density at radius 1 is 1.31 bits per heavy atom. The maximum atomic E-state index is 4.25. The van der Waals surface area contributed by atoms with Crippen molar-refractivity contribution < 1.29 is 1.43 Å². The highest BCUT2D eigenvalue weighted by Crippen LogP contribution is 2.15. The summed E-state index contributed by atoms with van der Waals surface area (Å²) in [4.78, 5) is 7.35. The molecule has 13 heavy (non-hydrogen) atoms. The number of rotatable bonds is 0. The Labute approximate surface area is 80.5 Å². The molecule has 2 heteroatoms. The van der Waals surface area contributed by atoms with Gasteiger partial charge in [-0.15, -0.1) is 0 Å². The highest BCUT2D eigenvalue weighted by Gasteiger charge is 1.98. The average molecular weight is 178 g/mol. The molecule has 2 aromatic heterocycles. The summed E-state index contributed by atoms with van der Waals surface area (Å²) in [7, 11) is 0. The molecule has 0 spiro atoms. The van der Waals surface area contributed by atoms with E-state index in [1.165, 1.54) is 16.5 Å². The molecule has 2 nitrogen and oxygen atoms in total. The molecule has 0 aliphatic carbocycles. The molecular weight excluding hydrogens is 160 g/mol. The van der Waals surface area contributed by atoms with Gasteiger partial charge in [-0.1, -0.05) is 13.8 Å². The van der Waals surface area contributed by atoms with Crippen LogP contribution in [0, 0.1) is 13.8 Å². The molecule has 1 N–H and O–H groups in total. The normalized spacial score (nSPS) is 9.54.